The number of H-pyrrole nitrogens is 1. The number of hydrogen-bond acceptors (Lipinski definition) is 4. The Morgan fingerprint density at radius 1 is 1.44 bits per heavy atom. The van der Waals surface area contributed by atoms with E-state index in [4.69, 9.17) is 0 Å². The zero-order valence-corrected chi connectivity index (χ0v) is 11.5. The van der Waals surface area contributed by atoms with Crippen LogP contribution >= 0.6 is 0 Å². The number of rotatable bonds is 4. The molecule has 0 aliphatic carbocycles. The topological polar surface area (TPSA) is 74.8 Å². The number of imidazole rings is 1. The van der Waals surface area contributed by atoms with E-state index in [-0.39, 0.29) is 11.8 Å². The summed E-state index contributed by atoms with van der Waals surface area (Å²) < 4.78 is 22.4. The van der Waals surface area contributed by atoms with E-state index in [0.29, 0.717) is 0 Å². The van der Waals surface area contributed by atoms with Crippen molar-refractivity contribution in [2.45, 2.75) is 19.9 Å². The third-order valence-corrected chi connectivity index (χ3v) is 3.67. The van der Waals surface area contributed by atoms with E-state index in [0.717, 1.165) is 22.5 Å². The first kappa shape index (κ1) is 12.9. The second kappa shape index (κ2) is 4.61. The standard InChI is InChI=1S/C12H17N3O2S/c1-8(7-18(3,16)17)13-10-4-5-11-12(6-10)15-9(2)14-11/h4-6,8,13H,7H2,1-3H3,(H,14,15). The number of aromatic amines is 1. The molecule has 0 fully saturated rings. The monoisotopic (exact) mass is 267 g/mol. The van der Waals surface area contributed by atoms with Crippen LogP contribution in [0, 0.1) is 6.92 Å². The van der Waals surface area contributed by atoms with Gasteiger partial charge in [0.05, 0.1) is 16.8 Å². The van der Waals surface area contributed by atoms with Crippen molar-refractivity contribution in [3.8, 4) is 0 Å². The lowest BCUT2D eigenvalue weighted by molar-refractivity contribution is 0.598. The van der Waals surface area contributed by atoms with Gasteiger partial charge < -0.3 is 10.3 Å². The van der Waals surface area contributed by atoms with Crippen LogP contribution in [0.15, 0.2) is 18.2 Å². The summed E-state index contributed by atoms with van der Waals surface area (Å²) in [5, 5.41) is 3.17. The van der Waals surface area contributed by atoms with Gasteiger partial charge in [0, 0.05) is 18.0 Å². The second-order valence-corrected chi connectivity index (χ2v) is 6.88. The fourth-order valence-electron chi connectivity index (χ4n) is 2.01. The quantitative estimate of drug-likeness (QED) is 0.884. The van der Waals surface area contributed by atoms with Gasteiger partial charge in [-0.1, -0.05) is 0 Å². The minimum atomic E-state index is -2.96. The highest BCUT2D eigenvalue weighted by molar-refractivity contribution is 7.90. The minimum Gasteiger partial charge on any atom is -0.382 e. The van der Waals surface area contributed by atoms with Crippen molar-refractivity contribution in [3.63, 3.8) is 0 Å². The largest absolute Gasteiger partial charge is 0.382 e. The van der Waals surface area contributed by atoms with Gasteiger partial charge in [0.1, 0.15) is 15.7 Å². The highest BCUT2D eigenvalue weighted by atomic mass is 32.2. The maximum absolute atomic E-state index is 11.2. The van der Waals surface area contributed by atoms with Crippen LogP contribution in [-0.4, -0.2) is 36.4 Å². The lowest BCUT2D eigenvalue weighted by Crippen LogP contribution is -2.24. The number of benzene rings is 1. The lowest BCUT2D eigenvalue weighted by atomic mass is 10.2. The molecule has 0 amide bonds. The maximum atomic E-state index is 11.2. The van der Waals surface area contributed by atoms with Crippen molar-refractivity contribution in [1.29, 1.82) is 0 Å². The van der Waals surface area contributed by atoms with Crippen LogP contribution in [0.5, 0.6) is 0 Å². The van der Waals surface area contributed by atoms with Crippen LogP contribution in [0.2, 0.25) is 0 Å². The summed E-state index contributed by atoms with van der Waals surface area (Å²) in [5.41, 5.74) is 2.75. The van der Waals surface area contributed by atoms with Crippen molar-refractivity contribution < 1.29 is 8.42 Å². The normalized spacial score (nSPS) is 13.7. The molecule has 0 spiro atoms. The van der Waals surface area contributed by atoms with Gasteiger partial charge in [-0.15, -0.1) is 0 Å². The first-order valence-corrected chi connectivity index (χ1v) is 7.80. The van der Waals surface area contributed by atoms with E-state index in [9.17, 15) is 8.42 Å². The van der Waals surface area contributed by atoms with Crippen molar-refractivity contribution in [2.24, 2.45) is 0 Å². The molecule has 0 bridgehead atoms. The predicted octanol–water partition coefficient (Wildman–Crippen LogP) is 1.72. The van der Waals surface area contributed by atoms with Gasteiger partial charge in [-0.2, -0.15) is 0 Å². The molecule has 2 aromatic rings. The summed E-state index contributed by atoms with van der Waals surface area (Å²) >= 11 is 0. The molecule has 98 valence electrons. The minimum absolute atomic E-state index is 0.118. The molecule has 1 unspecified atom stereocenters. The van der Waals surface area contributed by atoms with E-state index in [1.165, 1.54) is 6.26 Å². The van der Waals surface area contributed by atoms with Gasteiger partial charge >= 0.3 is 0 Å². The molecule has 1 heterocycles. The van der Waals surface area contributed by atoms with E-state index in [2.05, 4.69) is 15.3 Å². The van der Waals surface area contributed by atoms with Crippen LogP contribution in [-0.2, 0) is 9.84 Å². The van der Waals surface area contributed by atoms with E-state index in [1.807, 2.05) is 32.0 Å². The highest BCUT2D eigenvalue weighted by Crippen LogP contribution is 2.17. The van der Waals surface area contributed by atoms with Crippen molar-refractivity contribution >= 4 is 26.6 Å². The number of anilines is 1. The predicted molar refractivity (Wildman–Crippen MR) is 73.6 cm³/mol. The SMILES string of the molecule is Cc1nc2ccc(NC(C)CS(C)(=O)=O)cc2[nH]1. The fourth-order valence-corrected chi connectivity index (χ4v) is 3.00. The Morgan fingerprint density at radius 3 is 2.83 bits per heavy atom. The fraction of sp³-hybridized carbons (Fsp3) is 0.417. The zero-order chi connectivity index (χ0) is 13.3. The van der Waals surface area contributed by atoms with Crippen molar-refractivity contribution in [2.75, 3.05) is 17.3 Å². The molecule has 5 nitrogen and oxygen atoms in total. The molecule has 0 aliphatic rings. The van der Waals surface area contributed by atoms with Crippen LogP contribution < -0.4 is 5.32 Å². The number of sulfone groups is 1. The van der Waals surface area contributed by atoms with Gasteiger partial charge in [-0.25, -0.2) is 13.4 Å². The Kier molecular flexibility index (Phi) is 3.30. The summed E-state index contributed by atoms with van der Waals surface area (Å²) in [7, 11) is -2.96. The van der Waals surface area contributed by atoms with Crippen molar-refractivity contribution in [3.05, 3.63) is 24.0 Å². The molecule has 0 radical (unpaired) electrons. The average molecular weight is 267 g/mol. The molecule has 2 rings (SSSR count). The molecule has 0 saturated heterocycles. The molecule has 0 saturated carbocycles. The first-order valence-electron chi connectivity index (χ1n) is 5.74. The summed E-state index contributed by atoms with van der Waals surface area (Å²) in [6, 6.07) is 5.63. The number of aryl methyl sites for hydroxylation is 1. The first-order chi connectivity index (χ1) is 8.33. The second-order valence-electron chi connectivity index (χ2n) is 4.69. The summed E-state index contributed by atoms with van der Waals surface area (Å²) in [6.45, 7) is 3.75. The Bertz CT molecular complexity index is 661. The van der Waals surface area contributed by atoms with Gasteiger partial charge in [-0.3, -0.25) is 0 Å². The van der Waals surface area contributed by atoms with Crippen LogP contribution in [0.25, 0.3) is 11.0 Å². The molecule has 1 aromatic heterocycles. The number of nitrogens with zero attached hydrogens (tertiary/aromatic N) is 1. The van der Waals surface area contributed by atoms with Crippen LogP contribution in [0.4, 0.5) is 5.69 Å². The van der Waals surface area contributed by atoms with Crippen LogP contribution in [0.3, 0.4) is 0 Å². The summed E-state index contributed by atoms with van der Waals surface area (Å²) in [5.74, 6) is 0.985. The number of hydrogen-bond donors (Lipinski definition) is 2. The molecule has 2 N–H and O–H groups in total. The summed E-state index contributed by atoms with van der Waals surface area (Å²) in [6.07, 6.45) is 1.24. The molecule has 1 atom stereocenters. The molecule has 0 aliphatic heterocycles. The Hall–Kier alpha value is -1.56. The Morgan fingerprint density at radius 2 is 2.17 bits per heavy atom. The van der Waals surface area contributed by atoms with Crippen LogP contribution in [0.1, 0.15) is 12.7 Å². The smallest absolute Gasteiger partial charge is 0.149 e. The third-order valence-electron chi connectivity index (χ3n) is 2.57. The van der Waals surface area contributed by atoms with Gasteiger partial charge in [0.15, 0.2) is 0 Å². The summed E-state index contributed by atoms with van der Waals surface area (Å²) in [4.78, 5) is 7.46. The third kappa shape index (κ3) is 3.22. The molecular formula is C12H17N3O2S. The Labute approximate surface area is 107 Å². The Balaban J connectivity index is 2.16. The maximum Gasteiger partial charge on any atom is 0.149 e. The highest BCUT2D eigenvalue weighted by Gasteiger charge is 2.10. The van der Waals surface area contributed by atoms with E-state index in [1.54, 1.807) is 0 Å². The van der Waals surface area contributed by atoms with E-state index >= 15 is 0 Å². The number of nitrogens with one attached hydrogen (secondary N) is 2. The van der Waals surface area contributed by atoms with E-state index < -0.39 is 9.84 Å². The van der Waals surface area contributed by atoms with Gasteiger partial charge in [0.2, 0.25) is 0 Å². The average Bonchev–Trinajstić information content (AvgIpc) is 2.53. The lowest BCUT2D eigenvalue weighted by Gasteiger charge is -2.13. The molecule has 6 heteroatoms. The molecular weight excluding hydrogens is 250 g/mol. The van der Waals surface area contributed by atoms with Gasteiger partial charge in [0.25, 0.3) is 0 Å². The molecule has 1 aromatic carbocycles. The van der Waals surface area contributed by atoms with Gasteiger partial charge in [-0.05, 0) is 32.0 Å². The number of aromatic nitrogens is 2. The number of fused-ring (bicyclic) bond motifs is 1. The van der Waals surface area contributed by atoms with Crippen molar-refractivity contribution in [1.82, 2.24) is 9.97 Å². The molecule has 18 heavy (non-hydrogen) atoms. The zero-order valence-electron chi connectivity index (χ0n) is 10.7.